The summed E-state index contributed by atoms with van der Waals surface area (Å²) in [6, 6.07) is 0. The van der Waals surface area contributed by atoms with Crippen molar-refractivity contribution in [3.63, 3.8) is 0 Å². The van der Waals surface area contributed by atoms with E-state index in [0.717, 1.165) is 5.92 Å². The molecule has 0 aromatic rings. The molecule has 1 fully saturated rings. The van der Waals surface area contributed by atoms with E-state index >= 15 is 0 Å². The average molecular weight is 262 g/mol. The van der Waals surface area contributed by atoms with Crippen LogP contribution in [0.4, 0.5) is 0 Å². The van der Waals surface area contributed by atoms with Gasteiger partial charge in [0.15, 0.2) is 0 Å². The first-order valence-corrected chi connectivity index (χ1v) is 4.35. The second-order valence-electron chi connectivity index (χ2n) is 3.71. The third-order valence-corrected chi connectivity index (χ3v) is 2.37. The Hall–Kier alpha value is 0.984. The molecule has 4 heteroatoms. The maximum atomic E-state index is 9.55. The summed E-state index contributed by atoms with van der Waals surface area (Å²) in [6.45, 7) is 5.86. The molecule has 1 radical (unpaired) electrons. The Morgan fingerprint density at radius 1 is 1.46 bits per heavy atom. The van der Waals surface area contributed by atoms with E-state index in [1.165, 1.54) is 0 Å². The zero-order valence-corrected chi connectivity index (χ0v) is 11.2. The molecule has 0 aliphatic carbocycles. The second kappa shape index (κ2) is 5.77. The fraction of sp³-hybridized carbons (Fsp3) is 0.889. The minimum absolute atomic E-state index is 0. The third-order valence-electron chi connectivity index (χ3n) is 2.37. The van der Waals surface area contributed by atoms with Gasteiger partial charge in [-0.1, -0.05) is 20.0 Å². The Balaban J connectivity index is 0.00000144. The topological polar surface area (TPSA) is 49.7 Å². The van der Waals surface area contributed by atoms with Crippen LogP contribution in [0.25, 0.3) is 0 Å². The van der Waals surface area contributed by atoms with Crippen molar-refractivity contribution in [1.82, 2.24) is 0 Å². The molecule has 0 bridgehead atoms. The molecule has 3 atom stereocenters. The first kappa shape index (κ1) is 14.0. The Morgan fingerprint density at radius 2 is 2.00 bits per heavy atom. The first-order chi connectivity index (χ1) is 5.57. The van der Waals surface area contributed by atoms with Gasteiger partial charge in [-0.15, -0.1) is 0 Å². The van der Waals surface area contributed by atoms with Gasteiger partial charge >= 0.3 is 0 Å². The molecular weight excluding hydrogens is 245 g/mol. The van der Waals surface area contributed by atoms with Crippen LogP contribution in [0.3, 0.4) is 0 Å². The summed E-state index contributed by atoms with van der Waals surface area (Å²) in [6.07, 6.45) is -1.02. The van der Waals surface area contributed by atoms with Crippen LogP contribution in [0.15, 0.2) is 0 Å². The van der Waals surface area contributed by atoms with Crippen molar-refractivity contribution >= 4 is 0 Å². The standard InChI is InChI=1S/C9H17O3.Y/c1-5(2)9-6(3)8(11)7(4-10)12-9;/h5,7-11H,4H2,1-3H3;/q-1;/t7-,8?,9+;/m0./s1. The van der Waals surface area contributed by atoms with Gasteiger partial charge in [-0.05, 0) is 12.0 Å². The SMILES string of the molecule is C[C-]1C(O)[C@H](CO)O[C@@H]1C(C)C.[Y]. The Kier molecular flexibility index (Phi) is 6.20. The van der Waals surface area contributed by atoms with Gasteiger partial charge in [0, 0.05) is 32.7 Å². The van der Waals surface area contributed by atoms with Crippen LogP contribution in [-0.4, -0.2) is 35.1 Å². The molecule has 1 saturated heterocycles. The summed E-state index contributed by atoms with van der Waals surface area (Å²) < 4.78 is 5.46. The Labute approximate surface area is 105 Å². The fourth-order valence-electron chi connectivity index (χ4n) is 1.66. The zero-order valence-electron chi connectivity index (χ0n) is 8.40. The molecule has 2 N–H and O–H groups in total. The van der Waals surface area contributed by atoms with E-state index in [2.05, 4.69) is 0 Å². The number of hydrogen-bond donors (Lipinski definition) is 2. The van der Waals surface area contributed by atoms with Gasteiger partial charge in [-0.25, -0.2) is 0 Å². The molecule has 0 saturated carbocycles. The van der Waals surface area contributed by atoms with E-state index < -0.39 is 12.2 Å². The number of rotatable bonds is 2. The van der Waals surface area contributed by atoms with Gasteiger partial charge in [-0.2, -0.15) is 6.92 Å². The maximum absolute atomic E-state index is 9.55. The van der Waals surface area contributed by atoms with E-state index in [1.54, 1.807) is 0 Å². The van der Waals surface area contributed by atoms with Crippen LogP contribution in [0.2, 0.25) is 0 Å². The Morgan fingerprint density at radius 3 is 2.23 bits per heavy atom. The molecule has 13 heavy (non-hydrogen) atoms. The molecule has 3 nitrogen and oxygen atoms in total. The van der Waals surface area contributed by atoms with Crippen molar-refractivity contribution in [2.24, 2.45) is 5.92 Å². The average Bonchev–Trinajstić information content (AvgIpc) is 2.30. The zero-order chi connectivity index (χ0) is 9.30. The maximum Gasteiger partial charge on any atom is 0.0756 e. The smallest absolute Gasteiger partial charge is 0.0756 e. The predicted octanol–water partition coefficient (Wildman–Crippen LogP) is 0.355. The summed E-state index contributed by atoms with van der Waals surface area (Å²) in [7, 11) is 0. The van der Waals surface area contributed by atoms with Crippen LogP contribution in [-0.2, 0) is 37.4 Å². The summed E-state index contributed by atoms with van der Waals surface area (Å²) in [5.41, 5.74) is 0. The molecule has 0 aromatic carbocycles. The van der Waals surface area contributed by atoms with Crippen LogP contribution in [0.5, 0.6) is 0 Å². The summed E-state index contributed by atoms with van der Waals surface area (Å²) in [5.74, 6) is 1.29. The summed E-state index contributed by atoms with van der Waals surface area (Å²) in [4.78, 5) is 0. The minimum Gasteiger partial charge on any atom is -0.422 e. The van der Waals surface area contributed by atoms with Crippen LogP contribution >= 0.6 is 0 Å². The van der Waals surface area contributed by atoms with Crippen molar-refractivity contribution in [2.45, 2.75) is 39.1 Å². The van der Waals surface area contributed by atoms with E-state index in [-0.39, 0.29) is 45.4 Å². The fourth-order valence-corrected chi connectivity index (χ4v) is 1.66. The molecule has 1 rings (SSSR count). The monoisotopic (exact) mass is 262 g/mol. The summed E-state index contributed by atoms with van der Waals surface area (Å²) in [5, 5.41) is 18.4. The van der Waals surface area contributed by atoms with E-state index in [0.29, 0.717) is 5.92 Å². The number of aliphatic hydroxyl groups is 2. The van der Waals surface area contributed by atoms with Crippen molar-refractivity contribution in [1.29, 1.82) is 0 Å². The van der Waals surface area contributed by atoms with E-state index in [4.69, 9.17) is 9.84 Å². The molecule has 0 aromatic heterocycles. The predicted molar refractivity (Wildman–Crippen MR) is 45.5 cm³/mol. The molecule has 1 unspecified atom stereocenters. The van der Waals surface area contributed by atoms with Gasteiger partial charge in [0.1, 0.15) is 0 Å². The molecule has 0 spiro atoms. The number of aliphatic hydroxyl groups excluding tert-OH is 2. The van der Waals surface area contributed by atoms with Crippen molar-refractivity contribution in [3.8, 4) is 0 Å². The van der Waals surface area contributed by atoms with Gasteiger partial charge < -0.3 is 14.9 Å². The van der Waals surface area contributed by atoms with Gasteiger partial charge in [0.2, 0.25) is 0 Å². The van der Waals surface area contributed by atoms with Gasteiger partial charge in [0.25, 0.3) is 0 Å². The number of hydrogen-bond acceptors (Lipinski definition) is 3. The molecule has 0 amide bonds. The van der Waals surface area contributed by atoms with Crippen molar-refractivity contribution < 1.29 is 47.7 Å². The van der Waals surface area contributed by atoms with E-state index in [9.17, 15) is 5.11 Å². The van der Waals surface area contributed by atoms with Crippen molar-refractivity contribution in [3.05, 3.63) is 5.92 Å². The molecular formula is C9H17O3Y-. The first-order valence-electron chi connectivity index (χ1n) is 4.35. The van der Waals surface area contributed by atoms with Gasteiger partial charge in [0.05, 0.1) is 12.7 Å². The molecule has 1 heterocycles. The summed E-state index contributed by atoms with van der Waals surface area (Å²) >= 11 is 0. The van der Waals surface area contributed by atoms with Crippen LogP contribution in [0.1, 0.15) is 20.8 Å². The molecule has 75 valence electrons. The third kappa shape index (κ3) is 2.97. The quantitative estimate of drug-likeness (QED) is 0.706. The molecule has 1 aliphatic heterocycles. The van der Waals surface area contributed by atoms with Crippen LogP contribution in [0, 0.1) is 11.8 Å². The largest absolute Gasteiger partial charge is 0.422 e. The van der Waals surface area contributed by atoms with Gasteiger partial charge in [-0.3, -0.25) is 5.92 Å². The number of ether oxygens (including phenoxy) is 1. The molecule has 1 aliphatic rings. The van der Waals surface area contributed by atoms with E-state index in [1.807, 2.05) is 20.8 Å². The normalized spacial score (nSPS) is 35.1. The minimum atomic E-state index is -0.595. The van der Waals surface area contributed by atoms with Crippen LogP contribution < -0.4 is 0 Å². The van der Waals surface area contributed by atoms with Crippen molar-refractivity contribution in [2.75, 3.05) is 6.61 Å². The second-order valence-corrected chi connectivity index (χ2v) is 3.71. The Bertz CT molecular complexity index is 152.